The number of Topliss-reactive ketones (excluding diaryl/α,β-unsaturated/α-hetero) is 1. The molecule has 0 atom stereocenters. The van der Waals surface area contributed by atoms with E-state index in [1.807, 2.05) is 6.07 Å². The molecule has 0 aromatic heterocycles. The van der Waals surface area contributed by atoms with Crippen molar-refractivity contribution in [3.8, 4) is 0 Å². The smallest absolute Gasteiger partial charge is 0.377 e. The van der Waals surface area contributed by atoms with Gasteiger partial charge in [0.25, 0.3) is 5.78 Å². The van der Waals surface area contributed by atoms with Gasteiger partial charge in [-0.05, 0) is 17.5 Å². The molecule has 0 fully saturated rings. The molecule has 1 aliphatic rings. The van der Waals surface area contributed by atoms with Crippen molar-refractivity contribution in [2.75, 3.05) is 6.61 Å². The first-order valence-electron chi connectivity index (χ1n) is 4.66. The number of hydrogen-bond acceptors (Lipinski definition) is 3. The number of ether oxygens (including phenoxy) is 1. The van der Waals surface area contributed by atoms with Crippen LogP contribution in [0.4, 0.5) is 0 Å². The summed E-state index contributed by atoms with van der Waals surface area (Å²) < 4.78 is 5.22. The largest absolute Gasteiger partial charge is 0.475 e. The van der Waals surface area contributed by atoms with Crippen molar-refractivity contribution >= 4 is 11.8 Å². The van der Waals surface area contributed by atoms with Gasteiger partial charge in [-0.2, -0.15) is 0 Å². The molecule has 15 heavy (non-hydrogen) atoms. The van der Waals surface area contributed by atoms with Crippen molar-refractivity contribution in [3.63, 3.8) is 0 Å². The lowest BCUT2D eigenvalue weighted by atomic mass is 9.95. The highest BCUT2D eigenvalue weighted by Gasteiger charge is 2.21. The van der Waals surface area contributed by atoms with Crippen LogP contribution in [-0.2, 0) is 22.6 Å². The summed E-state index contributed by atoms with van der Waals surface area (Å²) in [6.07, 6.45) is 0.732. The Labute approximate surface area is 86.5 Å². The van der Waals surface area contributed by atoms with E-state index >= 15 is 0 Å². The lowest BCUT2D eigenvalue weighted by molar-refractivity contribution is -0.131. The molecule has 0 unspecified atom stereocenters. The summed E-state index contributed by atoms with van der Waals surface area (Å²) in [6.45, 7) is 0.947. The Balaban J connectivity index is 2.48. The molecular weight excluding hydrogens is 196 g/mol. The Kier molecular flexibility index (Phi) is 2.51. The van der Waals surface area contributed by atoms with Gasteiger partial charge in [-0.15, -0.1) is 0 Å². The van der Waals surface area contributed by atoms with E-state index in [4.69, 9.17) is 9.84 Å². The summed E-state index contributed by atoms with van der Waals surface area (Å²) in [5, 5.41) is 8.65. The lowest BCUT2D eigenvalue weighted by Crippen LogP contribution is -2.19. The monoisotopic (exact) mass is 206 g/mol. The molecule has 0 aliphatic carbocycles. The number of carbonyl (C=O) groups excluding carboxylic acids is 1. The number of carbonyl (C=O) groups is 2. The Morgan fingerprint density at radius 3 is 2.87 bits per heavy atom. The fourth-order valence-corrected chi connectivity index (χ4v) is 1.72. The molecule has 4 nitrogen and oxygen atoms in total. The van der Waals surface area contributed by atoms with Gasteiger partial charge in [0.15, 0.2) is 0 Å². The molecule has 1 heterocycles. The minimum absolute atomic E-state index is 0.250. The number of aliphatic carboxylic acids is 1. The number of rotatable bonds is 2. The van der Waals surface area contributed by atoms with Crippen molar-refractivity contribution in [1.82, 2.24) is 0 Å². The van der Waals surface area contributed by atoms with Gasteiger partial charge in [0, 0.05) is 5.56 Å². The minimum Gasteiger partial charge on any atom is -0.475 e. The fraction of sp³-hybridized carbons (Fsp3) is 0.273. The number of carboxylic acid groups (broad SMARTS) is 1. The second-order valence-corrected chi connectivity index (χ2v) is 3.38. The summed E-state index contributed by atoms with van der Waals surface area (Å²) in [5.74, 6) is -2.29. The zero-order valence-electron chi connectivity index (χ0n) is 8.03. The van der Waals surface area contributed by atoms with E-state index < -0.39 is 11.8 Å². The summed E-state index contributed by atoms with van der Waals surface area (Å²) in [5.41, 5.74) is 1.98. The van der Waals surface area contributed by atoms with Crippen LogP contribution in [0.5, 0.6) is 0 Å². The van der Waals surface area contributed by atoms with Gasteiger partial charge in [-0.3, -0.25) is 4.79 Å². The van der Waals surface area contributed by atoms with Crippen LogP contribution in [0, 0.1) is 0 Å². The highest BCUT2D eigenvalue weighted by Crippen LogP contribution is 2.21. The first-order valence-corrected chi connectivity index (χ1v) is 4.66. The third-order valence-electron chi connectivity index (χ3n) is 2.47. The number of fused-ring (bicyclic) bond motifs is 1. The summed E-state index contributed by atoms with van der Waals surface area (Å²) in [6, 6.07) is 5.14. The number of hydrogen-bond donors (Lipinski definition) is 1. The van der Waals surface area contributed by atoms with Gasteiger partial charge in [0.2, 0.25) is 0 Å². The van der Waals surface area contributed by atoms with Gasteiger partial charge in [-0.1, -0.05) is 18.2 Å². The SMILES string of the molecule is O=C(O)C(=O)c1cccc2c1COCC2. The van der Waals surface area contributed by atoms with Gasteiger partial charge in [0.05, 0.1) is 13.2 Å². The molecule has 4 heteroatoms. The fourth-order valence-electron chi connectivity index (χ4n) is 1.72. The van der Waals surface area contributed by atoms with Gasteiger partial charge in [0.1, 0.15) is 0 Å². The van der Waals surface area contributed by atoms with Gasteiger partial charge >= 0.3 is 5.97 Å². The quantitative estimate of drug-likeness (QED) is 0.579. The second kappa shape index (κ2) is 3.82. The normalized spacial score (nSPS) is 14.4. The van der Waals surface area contributed by atoms with Crippen LogP contribution in [0.15, 0.2) is 18.2 Å². The standard InChI is InChI=1S/C11H10O4/c12-10(11(13)14)8-3-1-2-7-4-5-15-6-9(7)8/h1-3H,4-6H2,(H,13,14). The van der Waals surface area contributed by atoms with Crippen molar-refractivity contribution in [2.45, 2.75) is 13.0 Å². The van der Waals surface area contributed by atoms with Crippen LogP contribution in [0.1, 0.15) is 21.5 Å². The first kappa shape index (κ1) is 9.86. The molecular formula is C11H10O4. The third-order valence-corrected chi connectivity index (χ3v) is 2.47. The van der Waals surface area contributed by atoms with Crippen LogP contribution in [0.25, 0.3) is 0 Å². The van der Waals surface area contributed by atoms with Crippen molar-refractivity contribution < 1.29 is 19.4 Å². The Morgan fingerprint density at radius 1 is 1.33 bits per heavy atom. The molecule has 78 valence electrons. The Hall–Kier alpha value is -1.68. The van der Waals surface area contributed by atoms with Crippen LogP contribution in [0.3, 0.4) is 0 Å². The van der Waals surface area contributed by atoms with E-state index in [-0.39, 0.29) is 5.56 Å². The molecule has 0 saturated heterocycles. The second-order valence-electron chi connectivity index (χ2n) is 3.38. The zero-order valence-corrected chi connectivity index (χ0v) is 8.03. The van der Waals surface area contributed by atoms with Crippen molar-refractivity contribution in [2.24, 2.45) is 0 Å². The first-order chi connectivity index (χ1) is 7.20. The van der Waals surface area contributed by atoms with Crippen LogP contribution < -0.4 is 0 Å². The topological polar surface area (TPSA) is 63.6 Å². The molecule has 0 spiro atoms. The number of ketones is 1. The molecule has 0 saturated carbocycles. The van der Waals surface area contributed by atoms with E-state index in [1.165, 1.54) is 6.07 Å². The molecule has 1 N–H and O–H groups in total. The Bertz CT molecular complexity index is 423. The maximum atomic E-state index is 11.4. The lowest BCUT2D eigenvalue weighted by Gasteiger charge is -2.18. The summed E-state index contributed by atoms with van der Waals surface area (Å²) in [7, 11) is 0. The maximum absolute atomic E-state index is 11.4. The summed E-state index contributed by atoms with van der Waals surface area (Å²) in [4.78, 5) is 22.0. The molecule has 2 rings (SSSR count). The third kappa shape index (κ3) is 1.76. The number of benzene rings is 1. The van der Waals surface area contributed by atoms with E-state index in [0.717, 1.165) is 17.5 Å². The Morgan fingerprint density at radius 2 is 2.13 bits per heavy atom. The molecule has 1 aliphatic heterocycles. The van der Waals surface area contributed by atoms with Crippen LogP contribution in [-0.4, -0.2) is 23.5 Å². The molecule has 1 aromatic rings. The van der Waals surface area contributed by atoms with E-state index in [0.29, 0.717) is 13.2 Å². The maximum Gasteiger partial charge on any atom is 0.377 e. The van der Waals surface area contributed by atoms with E-state index in [1.54, 1.807) is 6.07 Å². The summed E-state index contributed by atoms with van der Waals surface area (Å²) >= 11 is 0. The predicted octanol–water partition coefficient (Wildman–Crippen LogP) is 1.03. The highest BCUT2D eigenvalue weighted by molar-refractivity contribution is 6.40. The van der Waals surface area contributed by atoms with Crippen molar-refractivity contribution in [1.29, 1.82) is 0 Å². The molecule has 0 bridgehead atoms. The van der Waals surface area contributed by atoms with Crippen LogP contribution >= 0.6 is 0 Å². The predicted molar refractivity (Wildman–Crippen MR) is 51.8 cm³/mol. The minimum atomic E-state index is -1.42. The van der Waals surface area contributed by atoms with Crippen molar-refractivity contribution in [3.05, 3.63) is 34.9 Å². The molecule has 0 radical (unpaired) electrons. The van der Waals surface area contributed by atoms with Crippen LogP contribution in [0.2, 0.25) is 0 Å². The van der Waals surface area contributed by atoms with Gasteiger partial charge < -0.3 is 9.84 Å². The molecule has 0 amide bonds. The highest BCUT2D eigenvalue weighted by atomic mass is 16.5. The molecule has 1 aromatic carbocycles. The average Bonchev–Trinajstić information content (AvgIpc) is 2.27. The number of carboxylic acids is 1. The van der Waals surface area contributed by atoms with E-state index in [2.05, 4.69) is 0 Å². The van der Waals surface area contributed by atoms with Gasteiger partial charge in [-0.25, -0.2) is 4.79 Å². The average molecular weight is 206 g/mol. The zero-order chi connectivity index (χ0) is 10.8. The van der Waals surface area contributed by atoms with E-state index in [9.17, 15) is 9.59 Å².